The Balaban J connectivity index is 2.03. The molecule has 2 aromatic carbocycles. The summed E-state index contributed by atoms with van der Waals surface area (Å²) in [5.41, 5.74) is 9.14. The maximum absolute atomic E-state index is 12.0. The minimum absolute atomic E-state index is 0.124. The molecule has 0 saturated carbocycles. The van der Waals surface area contributed by atoms with Gasteiger partial charge in [-0.25, -0.2) is 0 Å². The zero-order valence-electron chi connectivity index (χ0n) is 10.6. The third-order valence-corrected chi connectivity index (χ3v) is 3.52. The van der Waals surface area contributed by atoms with E-state index in [0.29, 0.717) is 17.8 Å². The maximum atomic E-state index is 12.0. The predicted molar refractivity (Wildman–Crippen MR) is 80.9 cm³/mol. The number of carbonyl (C=O) groups is 1. The lowest BCUT2D eigenvalue weighted by Crippen LogP contribution is -2.22. The van der Waals surface area contributed by atoms with Crippen molar-refractivity contribution in [1.29, 1.82) is 0 Å². The van der Waals surface area contributed by atoms with E-state index in [2.05, 4.69) is 27.3 Å². The van der Waals surface area contributed by atoms with Crippen molar-refractivity contribution in [2.75, 3.05) is 5.73 Å². The number of carbonyl (C=O) groups excluding carboxylic acids is 1. The van der Waals surface area contributed by atoms with Crippen LogP contribution in [0.1, 0.15) is 21.5 Å². The first kappa shape index (κ1) is 13.6. The number of benzene rings is 2. The Morgan fingerprint density at radius 1 is 1.26 bits per heavy atom. The summed E-state index contributed by atoms with van der Waals surface area (Å²) < 4.78 is 0.794. The maximum Gasteiger partial charge on any atom is 0.251 e. The van der Waals surface area contributed by atoms with Crippen LogP contribution < -0.4 is 11.1 Å². The summed E-state index contributed by atoms with van der Waals surface area (Å²) in [7, 11) is 0. The number of hydrogen-bond donors (Lipinski definition) is 2. The molecule has 0 unspecified atom stereocenters. The fourth-order valence-electron chi connectivity index (χ4n) is 1.79. The Kier molecular flexibility index (Phi) is 4.22. The van der Waals surface area contributed by atoms with Crippen molar-refractivity contribution in [3.05, 3.63) is 63.6 Å². The van der Waals surface area contributed by atoms with Gasteiger partial charge in [-0.1, -0.05) is 29.8 Å². The summed E-state index contributed by atoms with van der Waals surface area (Å²) >= 11 is 3.31. The van der Waals surface area contributed by atoms with Gasteiger partial charge < -0.3 is 11.1 Å². The second-order valence-electron chi connectivity index (χ2n) is 4.41. The van der Waals surface area contributed by atoms with Crippen LogP contribution in [-0.2, 0) is 6.54 Å². The fourth-order valence-corrected chi connectivity index (χ4v) is 2.04. The lowest BCUT2D eigenvalue weighted by Gasteiger charge is -2.07. The quantitative estimate of drug-likeness (QED) is 0.853. The Hall–Kier alpha value is -1.81. The molecule has 0 aliphatic carbocycles. The summed E-state index contributed by atoms with van der Waals surface area (Å²) in [4.78, 5) is 12.0. The predicted octanol–water partition coefficient (Wildman–Crippen LogP) is 3.27. The van der Waals surface area contributed by atoms with E-state index in [0.717, 1.165) is 10.0 Å². The van der Waals surface area contributed by atoms with Crippen molar-refractivity contribution in [3.8, 4) is 0 Å². The molecule has 0 bridgehead atoms. The van der Waals surface area contributed by atoms with Crippen LogP contribution >= 0.6 is 15.9 Å². The highest BCUT2D eigenvalue weighted by atomic mass is 79.9. The van der Waals surface area contributed by atoms with Crippen LogP contribution in [0, 0.1) is 6.92 Å². The molecule has 0 aromatic heterocycles. The third kappa shape index (κ3) is 3.58. The first-order valence-electron chi connectivity index (χ1n) is 5.95. The fraction of sp³-hybridized carbons (Fsp3) is 0.133. The molecule has 2 rings (SSSR count). The summed E-state index contributed by atoms with van der Waals surface area (Å²) in [5, 5.41) is 2.88. The van der Waals surface area contributed by atoms with Crippen LogP contribution in [0.3, 0.4) is 0 Å². The highest BCUT2D eigenvalue weighted by Crippen LogP contribution is 2.20. The first-order valence-corrected chi connectivity index (χ1v) is 6.74. The highest BCUT2D eigenvalue weighted by Gasteiger charge is 2.07. The minimum atomic E-state index is -0.124. The van der Waals surface area contributed by atoms with Crippen molar-refractivity contribution < 1.29 is 4.79 Å². The Morgan fingerprint density at radius 3 is 2.74 bits per heavy atom. The second-order valence-corrected chi connectivity index (χ2v) is 5.26. The number of amides is 1. The molecule has 0 aliphatic heterocycles. The molecule has 3 nitrogen and oxygen atoms in total. The number of nitrogen functional groups attached to an aromatic ring is 1. The molecule has 19 heavy (non-hydrogen) atoms. The van der Waals surface area contributed by atoms with E-state index in [1.165, 1.54) is 5.56 Å². The van der Waals surface area contributed by atoms with E-state index in [9.17, 15) is 4.79 Å². The van der Waals surface area contributed by atoms with Gasteiger partial charge in [0, 0.05) is 22.3 Å². The molecule has 1 amide bonds. The standard InChI is InChI=1S/C15H15BrN2O/c1-10-3-2-4-11(7-10)9-18-15(19)12-5-6-13(16)14(17)8-12/h2-8H,9,17H2,1H3,(H,18,19). The third-order valence-electron chi connectivity index (χ3n) is 2.79. The number of halogens is 1. The smallest absolute Gasteiger partial charge is 0.251 e. The average Bonchev–Trinajstić information content (AvgIpc) is 2.39. The molecule has 0 fully saturated rings. The molecule has 2 aromatic rings. The highest BCUT2D eigenvalue weighted by molar-refractivity contribution is 9.10. The molecule has 0 atom stereocenters. The Labute approximate surface area is 121 Å². The molecule has 0 aliphatic rings. The van der Waals surface area contributed by atoms with Crippen LogP contribution in [-0.4, -0.2) is 5.91 Å². The zero-order valence-corrected chi connectivity index (χ0v) is 12.2. The number of hydrogen-bond acceptors (Lipinski definition) is 2. The van der Waals surface area contributed by atoms with Crippen molar-refractivity contribution >= 4 is 27.5 Å². The van der Waals surface area contributed by atoms with Gasteiger partial charge in [0.2, 0.25) is 0 Å². The van der Waals surface area contributed by atoms with Crippen LogP contribution in [0.25, 0.3) is 0 Å². The van der Waals surface area contributed by atoms with Crippen LogP contribution in [0.2, 0.25) is 0 Å². The minimum Gasteiger partial charge on any atom is -0.398 e. The molecule has 0 heterocycles. The zero-order chi connectivity index (χ0) is 13.8. The Morgan fingerprint density at radius 2 is 2.05 bits per heavy atom. The van der Waals surface area contributed by atoms with Crippen LogP contribution in [0.15, 0.2) is 46.9 Å². The molecular weight excluding hydrogens is 304 g/mol. The number of anilines is 1. The van der Waals surface area contributed by atoms with E-state index in [1.54, 1.807) is 18.2 Å². The molecule has 0 saturated heterocycles. The van der Waals surface area contributed by atoms with E-state index in [4.69, 9.17) is 5.73 Å². The van der Waals surface area contributed by atoms with Gasteiger partial charge in [0.1, 0.15) is 0 Å². The van der Waals surface area contributed by atoms with E-state index >= 15 is 0 Å². The lowest BCUT2D eigenvalue weighted by molar-refractivity contribution is 0.0951. The van der Waals surface area contributed by atoms with Gasteiger partial charge in [-0.3, -0.25) is 4.79 Å². The first-order chi connectivity index (χ1) is 9.06. The van der Waals surface area contributed by atoms with E-state index in [-0.39, 0.29) is 5.91 Å². The number of nitrogens with one attached hydrogen (secondary N) is 1. The van der Waals surface area contributed by atoms with Gasteiger partial charge in [-0.15, -0.1) is 0 Å². The summed E-state index contributed by atoms with van der Waals surface area (Å²) in [6.45, 7) is 2.54. The number of aryl methyl sites for hydroxylation is 1. The van der Waals surface area contributed by atoms with Gasteiger partial charge in [-0.05, 0) is 46.6 Å². The largest absolute Gasteiger partial charge is 0.398 e. The van der Waals surface area contributed by atoms with Gasteiger partial charge in [-0.2, -0.15) is 0 Å². The van der Waals surface area contributed by atoms with Crippen molar-refractivity contribution in [2.45, 2.75) is 13.5 Å². The van der Waals surface area contributed by atoms with Gasteiger partial charge in [0.25, 0.3) is 5.91 Å². The monoisotopic (exact) mass is 318 g/mol. The summed E-state index contributed by atoms with van der Waals surface area (Å²) in [5.74, 6) is -0.124. The van der Waals surface area contributed by atoms with Crippen LogP contribution in [0.4, 0.5) is 5.69 Å². The number of rotatable bonds is 3. The van der Waals surface area contributed by atoms with Crippen molar-refractivity contribution in [3.63, 3.8) is 0 Å². The molecule has 4 heteroatoms. The SMILES string of the molecule is Cc1cccc(CNC(=O)c2ccc(Br)c(N)c2)c1. The second kappa shape index (κ2) is 5.89. The van der Waals surface area contributed by atoms with Crippen LogP contribution in [0.5, 0.6) is 0 Å². The summed E-state index contributed by atoms with van der Waals surface area (Å²) in [6, 6.07) is 13.2. The molecule has 0 radical (unpaired) electrons. The normalized spacial score (nSPS) is 10.2. The lowest BCUT2D eigenvalue weighted by atomic mass is 10.1. The van der Waals surface area contributed by atoms with Gasteiger partial charge in [0.15, 0.2) is 0 Å². The number of nitrogens with two attached hydrogens (primary N) is 1. The van der Waals surface area contributed by atoms with E-state index < -0.39 is 0 Å². The van der Waals surface area contributed by atoms with Gasteiger partial charge >= 0.3 is 0 Å². The molecule has 98 valence electrons. The average molecular weight is 319 g/mol. The molecule has 3 N–H and O–H groups in total. The topological polar surface area (TPSA) is 55.1 Å². The summed E-state index contributed by atoms with van der Waals surface area (Å²) in [6.07, 6.45) is 0. The van der Waals surface area contributed by atoms with Gasteiger partial charge in [0.05, 0.1) is 0 Å². The van der Waals surface area contributed by atoms with Crippen molar-refractivity contribution in [1.82, 2.24) is 5.32 Å². The molecule has 0 spiro atoms. The Bertz CT molecular complexity index is 611. The van der Waals surface area contributed by atoms with E-state index in [1.807, 2.05) is 25.1 Å². The molecular formula is C15H15BrN2O. The van der Waals surface area contributed by atoms with Crippen molar-refractivity contribution in [2.24, 2.45) is 0 Å².